The molecular weight excluding hydrogens is 414 g/mol. The fraction of sp³-hybridized carbons (Fsp3) is 0.391. The summed E-state index contributed by atoms with van der Waals surface area (Å²) in [7, 11) is 1.52. The lowest BCUT2D eigenvalue weighted by atomic mass is 10.0. The summed E-state index contributed by atoms with van der Waals surface area (Å²) in [5.41, 5.74) is 0.373. The number of hydrogen-bond acceptors (Lipinski definition) is 6. The molecule has 0 bridgehead atoms. The van der Waals surface area contributed by atoms with Gasteiger partial charge in [0.2, 0.25) is 11.8 Å². The molecule has 2 heterocycles. The van der Waals surface area contributed by atoms with Crippen LogP contribution in [0, 0.1) is 5.92 Å². The second-order valence-corrected chi connectivity index (χ2v) is 9.44. The third kappa shape index (κ3) is 5.44. The summed E-state index contributed by atoms with van der Waals surface area (Å²) < 4.78 is 5.51. The molecule has 8 heteroatoms. The lowest BCUT2D eigenvalue weighted by Crippen LogP contribution is -2.51. The molecule has 31 heavy (non-hydrogen) atoms. The van der Waals surface area contributed by atoms with Crippen molar-refractivity contribution in [2.24, 2.45) is 5.92 Å². The van der Waals surface area contributed by atoms with Gasteiger partial charge in [-0.2, -0.15) is 0 Å². The molecule has 1 aliphatic rings. The number of hydrogen-bond donors (Lipinski definition) is 1. The van der Waals surface area contributed by atoms with E-state index >= 15 is 0 Å². The smallest absolute Gasteiger partial charge is 0.249 e. The normalized spacial score (nSPS) is 17.2. The SMILES string of the molecule is COc1ccccc1N(C(=O)C1CSC(=O)C1)C(C(=O)NC(C)(C)C)c1ccccn1. The highest BCUT2D eigenvalue weighted by molar-refractivity contribution is 8.14. The van der Waals surface area contributed by atoms with Gasteiger partial charge in [-0.3, -0.25) is 24.3 Å². The molecule has 2 aromatic rings. The number of pyridine rings is 1. The number of benzene rings is 1. The zero-order valence-electron chi connectivity index (χ0n) is 18.1. The van der Waals surface area contributed by atoms with Gasteiger partial charge in [0.25, 0.3) is 0 Å². The van der Waals surface area contributed by atoms with Crippen LogP contribution in [-0.4, -0.2) is 40.3 Å². The summed E-state index contributed by atoms with van der Waals surface area (Å²) in [6.45, 7) is 5.63. The van der Waals surface area contributed by atoms with Gasteiger partial charge in [-0.15, -0.1) is 0 Å². The predicted molar refractivity (Wildman–Crippen MR) is 121 cm³/mol. The van der Waals surface area contributed by atoms with Gasteiger partial charge >= 0.3 is 0 Å². The number of thioether (sulfide) groups is 1. The highest BCUT2D eigenvalue weighted by atomic mass is 32.2. The molecule has 3 rings (SSSR count). The number of rotatable bonds is 6. The third-order valence-corrected chi connectivity index (χ3v) is 5.82. The Balaban J connectivity index is 2.16. The number of ether oxygens (including phenoxy) is 1. The van der Waals surface area contributed by atoms with Gasteiger partial charge in [0, 0.05) is 23.9 Å². The Labute approximate surface area is 186 Å². The Kier molecular flexibility index (Phi) is 7.00. The van der Waals surface area contributed by atoms with Crippen LogP contribution in [-0.2, 0) is 14.4 Å². The first-order chi connectivity index (χ1) is 14.7. The summed E-state index contributed by atoms with van der Waals surface area (Å²) in [4.78, 5) is 44.9. The Hall–Kier alpha value is -2.87. The number of nitrogens with zero attached hydrogens (tertiary/aromatic N) is 2. The number of aromatic nitrogens is 1. The van der Waals surface area contributed by atoms with Crippen LogP contribution in [0.4, 0.5) is 5.69 Å². The topological polar surface area (TPSA) is 88.6 Å². The molecule has 1 aromatic carbocycles. The van der Waals surface area contributed by atoms with E-state index in [0.29, 0.717) is 22.9 Å². The summed E-state index contributed by atoms with van der Waals surface area (Å²) in [5.74, 6) is -0.336. The molecule has 2 unspecified atom stereocenters. The van der Waals surface area contributed by atoms with Crippen LogP contribution in [0.5, 0.6) is 5.75 Å². The minimum absolute atomic E-state index is 0.0214. The largest absolute Gasteiger partial charge is 0.495 e. The minimum Gasteiger partial charge on any atom is -0.495 e. The first kappa shape index (κ1) is 22.8. The lowest BCUT2D eigenvalue weighted by Gasteiger charge is -2.35. The number of anilines is 1. The summed E-state index contributed by atoms with van der Waals surface area (Å²) in [6, 6.07) is 11.3. The van der Waals surface area contributed by atoms with Crippen molar-refractivity contribution < 1.29 is 19.1 Å². The van der Waals surface area contributed by atoms with Gasteiger partial charge in [-0.1, -0.05) is 30.0 Å². The molecule has 0 spiro atoms. The van der Waals surface area contributed by atoms with Gasteiger partial charge < -0.3 is 10.1 Å². The molecule has 1 N–H and O–H groups in total. The van der Waals surface area contributed by atoms with Gasteiger partial charge in [-0.05, 0) is 45.0 Å². The van der Waals surface area contributed by atoms with E-state index in [1.54, 1.807) is 48.7 Å². The lowest BCUT2D eigenvalue weighted by molar-refractivity contribution is -0.129. The Morgan fingerprint density at radius 3 is 2.48 bits per heavy atom. The Morgan fingerprint density at radius 1 is 1.19 bits per heavy atom. The van der Waals surface area contributed by atoms with E-state index in [-0.39, 0.29) is 23.4 Å². The van der Waals surface area contributed by atoms with E-state index in [1.165, 1.54) is 12.0 Å². The quantitative estimate of drug-likeness (QED) is 0.740. The van der Waals surface area contributed by atoms with Crippen LogP contribution in [0.15, 0.2) is 48.7 Å². The van der Waals surface area contributed by atoms with E-state index in [9.17, 15) is 14.4 Å². The maximum Gasteiger partial charge on any atom is 0.249 e. The third-order valence-electron chi connectivity index (χ3n) is 4.76. The average molecular weight is 442 g/mol. The van der Waals surface area contributed by atoms with Crippen LogP contribution in [0.25, 0.3) is 0 Å². The van der Waals surface area contributed by atoms with Crippen LogP contribution in [0.3, 0.4) is 0 Å². The average Bonchev–Trinajstić information content (AvgIpc) is 3.17. The van der Waals surface area contributed by atoms with Gasteiger partial charge in [0.1, 0.15) is 5.75 Å². The summed E-state index contributed by atoms with van der Waals surface area (Å²) in [6.07, 6.45) is 1.73. The molecule has 0 radical (unpaired) electrons. The van der Waals surface area contributed by atoms with Crippen LogP contribution in [0.2, 0.25) is 0 Å². The Bertz CT molecular complexity index is 959. The molecule has 1 saturated heterocycles. The fourth-order valence-electron chi connectivity index (χ4n) is 3.44. The molecule has 2 atom stereocenters. The highest BCUT2D eigenvalue weighted by Crippen LogP contribution is 2.38. The Morgan fingerprint density at radius 2 is 1.90 bits per heavy atom. The van der Waals surface area contributed by atoms with Gasteiger partial charge in [0.15, 0.2) is 11.2 Å². The number of carbonyl (C=O) groups is 3. The van der Waals surface area contributed by atoms with Crippen molar-refractivity contribution in [2.75, 3.05) is 17.8 Å². The van der Waals surface area contributed by atoms with Crippen molar-refractivity contribution in [1.29, 1.82) is 0 Å². The first-order valence-corrected chi connectivity index (χ1v) is 11.0. The maximum absolute atomic E-state index is 13.7. The van der Waals surface area contributed by atoms with Crippen molar-refractivity contribution in [1.82, 2.24) is 10.3 Å². The second kappa shape index (κ2) is 9.51. The highest BCUT2D eigenvalue weighted by Gasteiger charge is 2.41. The summed E-state index contributed by atoms with van der Waals surface area (Å²) in [5, 5.41) is 2.95. The number of amides is 2. The number of para-hydroxylation sites is 2. The minimum atomic E-state index is -1.02. The van der Waals surface area contributed by atoms with Crippen LogP contribution < -0.4 is 15.0 Å². The molecule has 1 aromatic heterocycles. The zero-order chi connectivity index (χ0) is 22.6. The molecule has 1 fully saturated rings. The van der Waals surface area contributed by atoms with Gasteiger partial charge in [0.05, 0.1) is 24.4 Å². The number of nitrogens with one attached hydrogen (secondary N) is 1. The molecule has 164 valence electrons. The molecule has 2 amide bonds. The molecule has 0 saturated carbocycles. The van der Waals surface area contributed by atoms with Crippen molar-refractivity contribution in [3.63, 3.8) is 0 Å². The van der Waals surface area contributed by atoms with E-state index in [0.717, 1.165) is 11.8 Å². The predicted octanol–water partition coefficient (Wildman–Crippen LogP) is 3.36. The monoisotopic (exact) mass is 441 g/mol. The van der Waals surface area contributed by atoms with E-state index < -0.39 is 17.5 Å². The second-order valence-electron chi connectivity index (χ2n) is 8.36. The first-order valence-electron chi connectivity index (χ1n) is 10.1. The van der Waals surface area contributed by atoms with E-state index in [4.69, 9.17) is 4.74 Å². The summed E-state index contributed by atoms with van der Waals surface area (Å²) >= 11 is 1.15. The molecule has 7 nitrogen and oxygen atoms in total. The van der Waals surface area contributed by atoms with Crippen molar-refractivity contribution in [3.05, 3.63) is 54.4 Å². The van der Waals surface area contributed by atoms with Crippen molar-refractivity contribution in [2.45, 2.75) is 38.8 Å². The molecule has 1 aliphatic heterocycles. The van der Waals surface area contributed by atoms with E-state index in [1.807, 2.05) is 20.8 Å². The van der Waals surface area contributed by atoms with Crippen molar-refractivity contribution in [3.8, 4) is 5.75 Å². The fourth-order valence-corrected chi connectivity index (χ4v) is 4.41. The maximum atomic E-state index is 13.7. The number of carbonyl (C=O) groups excluding carboxylic acids is 3. The van der Waals surface area contributed by atoms with Gasteiger partial charge in [-0.25, -0.2) is 0 Å². The molecular formula is C23H27N3O4S. The van der Waals surface area contributed by atoms with Crippen LogP contribution in [0.1, 0.15) is 38.9 Å². The van der Waals surface area contributed by atoms with E-state index in [2.05, 4.69) is 10.3 Å². The standard InChI is InChI=1S/C23H27N3O4S/c1-23(2,3)25-21(28)20(16-9-7-8-12-24-16)26(17-10-5-6-11-18(17)30-4)22(29)15-13-19(27)31-14-15/h5-12,15,20H,13-14H2,1-4H3,(H,25,28). The molecule has 0 aliphatic carbocycles. The van der Waals surface area contributed by atoms with Crippen LogP contribution >= 0.6 is 11.8 Å². The number of methoxy groups -OCH3 is 1. The zero-order valence-corrected chi connectivity index (χ0v) is 18.9. The van der Waals surface area contributed by atoms with Crippen molar-refractivity contribution >= 4 is 34.4 Å².